The second-order valence-corrected chi connectivity index (χ2v) is 5.20. The van der Waals surface area contributed by atoms with Crippen LogP contribution in [0.25, 0.3) is 0 Å². The van der Waals surface area contributed by atoms with Crippen LogP contribution in [0.1, 0.15) is 27.6 Å². The van der Waals surface area contributed by atoms with Crippen LogP contribution in [-0.4, -0.2) is 40.8 Å². The minimum Gasteiger partial charge on any atom is -0.478 e. The summed E-state index contributed by atoms with van der Waals surface area (Å²) < 4.78 is 33.7. The Labute approximate surface area is 162 Å². The predicted octanol–water partition coefficient (Wildman–Crippen LogP) is 4.18. The molecule has 0 aromatic heterocycles. The molecule has 29 heavy (non-hydrogen) atoms. The molecular formula is C18H16F3N3O5. The minimum atomic E-state index is -4.74. The Hall–Kier alpha value is -3.76. The third-order valence-corrected chi connectivity index (χ3v) is 3.13. The van der Waals surface area contributed by atoms with Gasteiger partial charge in [0.25, 0.3) is 0 Å². The van der Waals surface area contributed by atoms with Gasteiger partial charge in [-0.3, -0.25) is 4.79 Å². The molecule has 0 saturated heterocycles. The van der Waals surface area contributed by atoms with Gasteiger partial charge in [-0.05, 0) is 31.2 Å². The van der Waals surface area contributed by atoms with Crippen LogP contribution in [0.5, 0.6) is 0 Å². The molecule has 2 aromatic carbocycles. The molecule has 0 aliphatic rings. The van der Waals surface area contributed by atoms with Gasteiger partial charge in [0, 0.05) is 6.54 Å². The van der Waals surface area contributed by atoms with Gasteiger partial charge in [-0.15, -0.1) is 10.2 Å². The highest BCUT2D eigenvalue weighted by atomic mass is 19.4. The van der Waals surface area contributed by atoms with Crippen molar-refractivity contribution in [2.45, 2.75) is 13.1 Å². The summed E-state index contributed by atoms with van der Waals surface area (Å²) in [6, 6.07) is 12.2. The summed E-state index contributed by atoms with van der Waals surface area (Å²) in [5.41, 5.74) is 0.341. The number of rotatable bonds is 5. The SMILES string of the molecule is CCNC(=O)C(F)(F)F.O=C(O)c1ccccc1N=Nc1ccccc1C(=O)O. The number of halogens is 3. The quantitative estimate of drug-likeness (QED) is 0.636. The predicted molar refractivity (Wildman–Crippen MR) is 95.7 cm³/mol. The number of azo groups is 1. The maximum Gasteiger partial charge on any atom is 0.471 e. The van der Waals surface area contributed by atoms with Crippen LogP contribution in [0.3, 0.4) is 0 Å². The molecule has 8 nitrogen and oxygen atoms in total. The van der Waals surface area contributed by atoms with Gasteiger partial charge >= 0.3 is 24.0 Å². The highest BCUT2D eigenvalue weighted by Crippen LogP contribution is 2.24. The van der Waals surface area contributed by atoms with E-state index >= 15 is 0 Å². The van der Waals surface area contributed by atoms with E-state index in [1.165, 1.54) is 31.2 Å². The van der Waals surface area contributed by atoms with Crippen molar-refractivity contribution in [3.8, 4) is 0 Å². The number of nitrogens with zero attached hydrogens (tertiary/aromatic N) is 2. The zero-order chi connectivity index (χ0) is 22.0. The number of carbonyl (C=O) groups is 3. The maximum absolute atomic E-state index is 11.2. The van der Waals surface area contributed by atoms with Crippen LogP contribution in [0.2, 0.25) is 0 Å². The third-order valence-electron chi connectivity index (χ3n) is 3.13. The Morgan fingerprint density at radius 2 is 1.24 bits per heavy atom. The highest BCUT2D eigenvalue weighted by Gasteiger charge is 2.37. The summed E-state index contributed by atoms with van der Waals surface area (Å²) in [4.78, 5) is 31.9. The molecule has 0 heterocycles. The average Bonchev–Trinajstić information content (AvgIpc) is 2.66. The zero-order valence-corrected chi connectivity index (χ0v) is 15.0. The molecule has 0 aliphatic heterocycles. The van der Waals surface area contributed by atoms with E-state index in [1.807, 2.05) is 0 Å². The maximum atomic E-state index is 11.2. The summed E-state index contributed by atoms with van der Waals surface area (Å²) in [5, 5.41) is 27.3. The number of hydrogen-bond acceptors (Lipinski definition) is 5. The van der Waals surface area contributed by atoms with E-state index in [-0.39, 0.29) is 29.0 Å². The summed E-state index contributed by atoms with van der Waals surface area (Å²) in [7, 11) is 0. The fraction of sp³-hybridized carbons (Fsp3) is 0.167. The fourth-order valence-corrected chi connectivity index (χ4v) is 1.85. The Morgan fingerprint density at radius 3 is 1.52 bits per heavy atom. The van der Waals surface area contributed by atoms with Crippen LogP contribution in [0.4, 0.5) is 24.5 Å². The monoisotopic (exact) mass is 411 g/mol. The number of amides is 1. The number of hydrogen-bond donors (Lipinski definition) is 3. The molecule has 0 bridgehead atoms. The first-order chi connectivity index (χ1) is 13.6. The van der Waals surface area contributed by atoms with Gasteiger partial charge in [0.1, 0.15) is 11.4 Å². The standard InChI is InChI=1S/C14H10N2O4.C4H6F3NO/c17-13(18)9-5-1-3-7-11(9)15-16-12-8-4-2-6-10(12)14(19)20;1-2-8-3(9)4(5,6)7/h1-8H,(H,17,18)(H,19,20);2H2,1H3,(H,8,9). The lowest BCUT2D eigenvalue weighted by Gasteiger charge is -2.03. The van der Waals surface area contributed by atoms with E-state index < -0.39 is 24.0 Å². The van der Waals surface area contributed by atoms with Crippen molar-refractivity contribution in [1.82, 2.24) is 5.32 Å². The van der Waals surface area contributed by atoms with Gasteiger partial charge in [-0.1, -0.05) is 24.3 Å². The number of carboxylic acid groups (broad SMARTS) is 2. The van der Waals surface area contributed by atoms with Crippen molar-refractivity contribution < 1.29 is 37.8 Å². The van der Waals surface area contributed by atoms with Crippen LogP contribution < -0.4 is 5.32 Å². The number of carboxylic acids is 2. The Kier molecular flexibility index (Phi) is 8.46. The van der Waals surface area contributed by atoms with Crippen molar-refractivity contribution >= 4 is 29.2 Å². The van der Waals surface area contributed by atoms with Crippen molar-refractivity contribution in [1.29, 1.82) is 0 Å². The number of nitrogens with one attached hydrogen (secondary N) is 1. The summed E-state index contributed by atoms with van der Waals surface area (Å²) in [6.45, 7) is 1.42. The van der Waals surface area contributed by atoms with Crippen LogP contribution >= 0.6 is 0 Å². The molecule has 11 heteroatoms. The molecule has 0 atom stereocenters. The van der Waals surface area contributed by atoms with Gasteiger partial charge in [0.05, 0.1) is 11.1 Å². The van der Waals surface area contributed by atoms with Crippen molar-refractivity contribution in [3.63, 3.8) is 0 Å². The van der Waals surface area contributed by atoms with Gasteiger partial charge in [-0.25, -0.2) is 9.59 Å². The average molecular weight is 411 g/mol. The molecule has 2 aromatic rings. The van der Waals surface area contributed by atoms with Crippen molar-refractivity contribution in [2.75, 3.05) is 6.54 Å². The van der Waals surface area contributed by atoms with Gasteiger partial charge in [0.15, 0.2) is 0 Å². The zero-order valence-electron chi connectivity index (χ0n) is 15.0. The lowest BCUT2D eigenvalue weighted by atomic mass is 10.2. The molecule has 0 aliphatic carbocycles. The summed E-state index contributed by atoms with van der Waals surface area (Å²) in [5.74, 6) is -4.12. The van der Waals surface area contributed by atoms with E-state index in [0.717, 1.165) is 0 Å². The van der Waals surface area contributed by atoms with Gasteiger partial charge < -0.3 is 15.5 Å². The Bertz CT molecular complexity index is 854. The second-order valence-electron chi connectivity index (χ2n) is 5.20. The van der Waals surface area contributed by atoms with E-state index in [4.69, 9.17) is 10.2 Å². The first kappa shape index (κ1) is 23.3. The second kappa shape index (κ2) is 10.5. The largest absolute Gasteiger partial charge is 0.478 e. The van der Waals surface area contributed by atoms with E-state index in [0.29, 0.717) is 0 Å². The van der Waals surface area contributed by atoms with Crippen LogP contribution in [0.15, 0.2) is 58.8 Å². The van der Waals surface area contributed by atoms with Crippen molar-refractivity contribution in [2.24, 2.45) is 10.2 Å². The van der Waals surface area contributed by atoms with Crippen LogP contribution in [0, 0.1) is 0 Å². The molecule has 0 spiro atoms. The van der Waals surface area contributed by atoms with E-state index in [9.17, 15) is 27.6 Å². The van der Waals surface area contributed by atoms with Crippen LogP contribution in [-0.2, 0) is 4.79 Å². The number of benzene rings is 2. The first-order valence-corrected chi connectivity index (χ1v) is 7.99. The van der Waals surface area contributed by atoms with E-state index in [1.54, 1.807) is 29.6 Å². The summed E-state index contributed by atoms with van der Waals surface area (Å²) >= 11 is 0. The molecule has 154 valence electrons. The lowest BCUT2D eigenvalue weighted by molar-refractivity contribution is -0.173. The molecule has 1 amide bonds. The smallest absolute Gasteiger partial charge is 0.471 e. The molecule has 0 unspecified atom stereocenters. The first-order valence-electron chi connectivity index (χ1n) is 7.99. The van der Waals surface area contributed by atoms with E-state index in [2.05, 4.69) is 10.2 Å². The molecule has 0 saturated carbocycles. The normalized spacial score (nSPS) is 10.8. The molecule has 0 radical (unpaired) electrons. The summed E-state index contributed by atoms with van der Waals surface area (Å²) in [6.07, 6.45) is -4.74. The lowest BCUT2D eigenvalue weighted by Crippen LogP contribution is -2.36. The molecule has 3 N–H and O–H groups in total. The number of aromatic carboxylic acids is 2. The highest BCUT2D eigenvalue weighted by molar-refractivity contribution is 5.94. The fourth-order valence-electron chi connectivity index (χ4n) is 1.85. The van der Waals surface area contributed by atoms with Gasteiger partial charge in [-0.2, -0.15) is 13.2 Å². The molecule has 2 rings (SSSR count). The Balaban J connectivity index is 0.000000396. The minimum absolute atomic E-state index is 0.00164. The number of carbonyl (C=O) groups excluding carboxylic acids is 1. The Morgan fingerprint density at radius 1 is 0.862 bits per heavy atom. The molecule has 0 fully saturated rings. The topological polar surface area (TPSA) is 128 Å². The van der Waals surface area contributed by atoms with Crippen molar-refractivity contribution in [3.05, 3.63) is 59.7 Å². The van der Waals surface area contributed by atoms with Gasteiger partial charge in [0.2, 0.25) is 0 Å². The third kappa shape index (κ3) is 7.40. The molecular weight excluding hydrogens is 395 g/mol. The number of alkyl halides is 3.